The van der Waals surface area contributed by atoms with Crippen molar-refractivity contribution in [2.24, 2.45) is 5.92 Å². The van der Waals surface area contributed by atoms with Crippen LogP contribution in [0, 0.1) is 5.92 Å². The normalized spacial score (nSPS) is 24.0. The number of nitrogens with one attached hydrogen (secondary N) is 2. The number of carbonyl (C=O) groups excluding carboxylic acids is 1. The van der Waals surface area contributed by atoms with Crippen molar-refractivity contribution < 1.29 is 9.00 Å². The number of rotatable bonds is 6. The van der Waals surface area contributed by atoms with Crippen LogP contribution in [0.15, 0.2) is 0 Å². The highest BCUT2D eigenvalue weighted by molar-refractivity contribution is 7.84. The van der Waals surface area contributed by atoms with Crippen LogP contribution in [0.4, 0.5) is 0 Å². The molecule has 0 spiro atoms. The van der Waals surface area contributed by atoms with Crippen molar-refractivity contribution in [1.82, 2.24) is 10.6 Å². The number of amides is 1. The molecule has 2 N–H and O–H groups in total. The molecule has 3 unspecified atom stereocenters. The highest BCUT2D eigenvalue weighted by atomic mass is 32.2. The molecule has 5 heteroatoms. The van der Waals surface area contributed by atoms with Crippen LogP contribution in [0.1, 0.15) is 26.2 Å². The molecule has 0 aromatic rings. The molecule has 1 heterocycles. The average molecular weight is 246 g/mol. The first-order chi connectivity index (χ1) is 7.58. The first kappa shape index (κ1) is 13.6. The van der Waals surface area contributed by atoms with E-state index in [0.29, 0.717) is 18.1 Å². The van der Waals surface area contributed by atoms with Gasteiger partial charge in [-0.1, -0.05) is 0 Å². The van der Waals surface area contributed by atoms with Crippen LogP contribution >= 0.6 is 0 Å². The Hall–Kier alpha value is -0.420. The smallest absolute Gasteiger partial charge is 0.220 e. The SMILES string of the molecule is CC(CCS(C)=O)NC(=O)CC1CCNC1. The fourth-order valence-electron chi connectivity index (χ4n) is 1.90. The highest BCUT2D eigenvalue weighted by Crippen LogP contribution is 2.11. The molecule has 16 heavy (non-hydrogen) atoms. The molecule has 0 bridgehead atoms. The summed E-state index contributed by atoms with van der Waals surface area (Å²) in [6, 6.07) is 0.130. The van der Waals surface area contributed by atoms with Gasteiger partial charge in [0.2, 0.25) is 5.91 Å². The van der Waals surface area contributed by atoms with E-state index in [1.807, 2.05) is 6.92 Å². The third-order valence-electron chi connectivity index (χ3n) is 2.88. The molecule has 1 amide bonds. The maximum atomic E-state index is 11.6. The first-order valence-electron chi connectivity index (χ1n) is 5.88. The summed E-state index contributed by atoms with van der Waals surface area (Å²) < 4.78 is 10.9. The zero-order valence-corrected chi connectivity index (χ0v) is 10.9. The fourth-order valence-corrected chi connectivity index (χ4v) is 2.58. The van der Waals surface area contributed by atoms with Crippen LogP contribution in [0.5, 0.6) is 0 Å². The van der Waals surface area contributed by atoms with Gasteiger partial charge in [-0.3, -0.25) is 9.00 Å². The summed E-state index contributed by atoms with van der Waals surface area (Å²) in [6.07, 6.45) is 4.20. The van der Waals surface area contributed by atoms with E-state index in [9.17, 15) is 9.00 Å². The molecule has 4 nitrogen and oxygen atoms in total. The summed E-state index contributed by atoms with van der Waals surface area (Å²) in [6.45, 7) is 3.96. The first-order valence-corrected chi connectivity index (χ1v) is 7.60. The summed E-state index contributed by atoms with van der Waals surface area (Å²) >= 11 is 0. The van der Waals surface area contributed by atoms with Gasteiger partial charge in [0, 0.05) is 35.3 Å². The molecule has 1 aliphatic rings. The Balaban J connectivity index is 2.14. The van der Waals surface area contributed by atoms with E-state index in [0.717, 1.165) is 25.9 Å². The van der Waals surface area contributed by atoms with Gasteiger partial charge in [-0.15, -0.1) is 0 Å². The Morgan fingerprint density at radius 3 is 2.94 bits per heavy atom. The Morgan fingerprint density at radius 2 is 2.38 bits per heavy atom. The molecule has 0 aromatic carbocycles. The van der Waals surface area contributed by atoms with Gasteiger partial charge in [0.05, 0.1) is 0 Å². The Morgan fingerprint density at radius 1 is 1.62 bits per heavy atom. The number of hydrogen-bond donors (Lipinski definition) is 2. The van der Waals surface area contributed by atoms with Gasteiger partial charge in [0.15, 0.2) is 0 Å². The van der Waals surface area contributed by atoms with E-state index in [2.05, 4.69) is 10.6 Å². The maximum absolute atomic E-state index is 11.6. The summed E-state index contributed by atoms with van der Waals surface area (Å²) in [5.74, 6) is 1.28. The fraction of sp³-hybridized carbons (Fsp3) is 0.909. The van der Waals surface area contributed by atoms with Crippen LogP contribution in [0.25, 0.3) is 0 Å². The summed E-state index contributed by atoms with van der Waals surface area (Å²) in [5.41, 5.74) is 0. The summed E-state index contributed by atoms with van der Waals surface area (Å²) in [4.78, 5) is 11.6. The van der Waals surface area contributed by atoms with Crippen LogP contribution in [0.3, 0.4) is 0 Å². The minimum Gasteiger partial charge on any atom is -0.354 e. The second-order valence-corrected chi connectivity index (χ2v) is 6.15. The highest BCUT2D eigenvalue weighted by Gasteiger charge is 2.18. The lowest BCUT2D eigenvalue weighted by Gasteiger charge is -2.14. The monoisotopic (exact) mass is 246 g/mol. The molecule has 1 fully saturated rings. The summed E-state index contributed by atoms with van der Waals surface area (Å²) in [5, 5.41) is 6.21. The molecule has 0 aromatic heterocycles. The maximum Gasteiger partial charge on any atom is 0.220 e. The number of carbonyl (C=O) groups is 1. The minimum absolute atomic E-state index is 0.128. The minimum atomic E-state index is -0.766. The second kappa shape index (κ2) is 7.01. The lowest BCUT2D eigenvalue weighted by atomic mass is 10.0. The lowest BCUT2D eigenvalue weighted by Crippen LogP contribution is -2.34. The van der Waals surface area contributed by atoms with Crippen LogP contribution in [-0.4, -0.2) is 41.3 Å². The summed E-state index contributed by atoms with van der Waals surface area (Å²) in [7, 11) is -0.766. The van der Waals surface area contributed by atoms with Crippen molar-refractivity contribution in [1.29, 1.82) is 0 Å². The van der Waals surface area contributed by atoms with Crippen LogP contribution in [-0.2, 0) is 15.6 Å². The van der Waals surface area contributed by atoms with E-state index in [1.165, 1.54) is 0 Å². The van der Waals surface area contributed by atoms with Crippen LogP contribution in [0.2, 0.25) is 0 Å². The van der Waals surface area contributed by atoms with Gasteiger partial charge >= 0.3 is 0 Å². The molecule has 3 atom stereocenters. The Kier molecular flexibility index (Phi) is 5.98. The van der Waals surface area contributed by atoms with E-state index in [-0.39, 0.29) is 11.9 Å². The van der Waals surface area contributed by atoms with Gasteiger partial charge in [-0.25, -0.2) is 0 Å². The van der Waals surface area contributed by atoms with Gasteiger partial charge in [-0.2, -0.15) is 0 Å². The third kappa shape index (κ3) is 5.61. The van der Waals surface area contributed by atoms with E-state index >= 15 is 0 Å². The van der Waals surface area contributed by atoms with Crippen molar-refractivity contribution >= 4 is 16.7 Å². The molecule has 1 rings (SSSR count). The average Bonchev–Trinajstić information content (AvgIpc) is 2.67. The standard InChI is InChI=1S/C11H22N2O2S/c1-9(4-6-16(2)15)13-11(14)7-10-3-5-12-8-10/h9-10,12H,3-8H2,1-2H3,(H,13,14). The molecule has 94 valence electrons. The molecule has 1 aliphatic heterocycles. The van der Waals surface area contributed by atoms with Crippen molar-refractivity contribution in [3.8, 4) is 0 Å². The Bertz CT molecular complexity index is 252. The quantitative estimate of drug-likeness (QED) is 0.707. The van der Waals surface area contributed by atoms with Gasteiger partial charge < -0.3 is 10.6 Å². The number of hydrogen-bond acceptors (Lipinski definition) is 3. The molecule has 0 radical (unpaired) electrons. The topological polar surface area (TPSA) is 58.2 Å². The van der Waals surface area contributed by atoms with Crippen molar-refractivity contribution in [3.05, 3.63) is 0 Å². The Labute approximate surface area is 100 Å². The molecule has 0 saturated carbocycles. The third-order valence-corrected chi connectivity index (χ3v) is 3.69. The molecular weight excluding hydrogens is 224 g/mol. The lowest BCUT2D eigenvalue weighted by molar-refractivity contribution is -0.122. The van der Waals surface area contributed by atoms with Gasteiger partial charge in [-0.05, 0) is 38.8 Å². The van der Waals surface area contributed by atoms with Gasteiger partial charge in [0.1, 0.15) is 0 Å². The van der Waals surface area contributed by atoms with Crippen molar-refractivity contribution in [2.75, 3.05) is 25.1 Å². The predicted molar refractivity (Wildman–Crippen MR) is 66.7 cm³/mol. The molecule has 1 saturated heterocycles. The van der Waals surface area contributed by atoms with E-state index < -0.39 is 10.8 Å². The zero-order chi connectivity index (χ0) is 12.0. The largest absolute Gasteiger partial charge is 0.354 e. The van der Waals surface area contributed by atoms with Crippen molar-refractivity contribution in [3.63, 3.8) is 0 Å². The molecular formula is C11H22N2O2S. The van der Waals surface area contributed by atoms with Crippen molar-refractivity contribution in [2.45, 2.75) is 32.2 Å². The predicted octanol–water partition coefficient (Wildman–Crippen LogP) is 0.259. The zero-order valence-electron chi connectivity index (χ0n) is 10.1. The van der Waals surface area contributed by atoms with Gasteiger partial charge in [0.25, 0.3) is 0 Å². The second-order valence-electron chi connectivity index (χ2n) is 4.60. The van der Waals surface area contributed by atoms with Crippen LogP contribution < -0.4 is 10.6 Å². The van der Waals surface area contributed by atoms with E-state index in [4.69, 9.17) is 0 Å². The molecule has 0 aliphatic carbocycles. The van der Waals surface area contributed by atoms with E-state index in [1.54, 1.807) is 6.26 Å².